The number of aromatic nitrogens is 1. The number of halogens is 2. The second-order valence-electron chi connectivity index (χ2n) is 10.5. The third-order valence-corrected chi connectivity index (χ3v) is 7.45. The maximum Gasteiger partial charge on any atom is 0.348 e. The van der Waals surface area contributed by atoms with E-state index in [1.165, 1.54) is 30.3 Å². The van der Waals surface area contributed by atoms with Gasteiger partial charge in [0, 0.05) is 19.2 Å². The molecule has 13 heteroatoms. The molecule has 0 atom stereocenters. The van der Waals surface area contributed by atoms with Gasteiger partial charge in [0.25, 0.3) is 5.88 Å². The minimum Gasteiger partial charge on any atom is -0.504 e. The number of rotatable bonds is 9. The number of phenols is 1. The number of nitrogens with one attached hydrogen (secondary N) is 1. The molecule has 226 valence electrons. The minimum absolute atomic E-state index is 0.0291. The Balaban J connectivity index is 1.50. The van der Waals surface area contributed by atoms with Gasteiger partial charge in [-0.15, -0.1) is 0 Å². The topological polar surface area (TPSA) is 164 Å². The number of aliphatic imine (C=N–C) groups is 1. The van der Waals surface area contributed by atoms with Gasteiger partial charge in [0.05, 0.1) is 18.3 Å². The first kappa shape index (κ1) is 29.5. The Morgan fingerprint density at radius 2 is 1.81 bits per heavy atom. The van der Waals surface area contributed by atoms with E-state index in [4.69, 9.17) is 25.4 Å². The first-order valence-corrected chi connectivity index (χ1v) is 13.8. The van der Waals surface area contributed by atoms with Gasteiger partial charge in [-0.05, 0) is 62.1 Å². The third kappa shape index (κ3) is 6.15. The number of carbonyl (C=O) groups is 1. The van der Waals surface area contributed by atoms with Crippen molar-refractivity contribution in [2.24, 2.45) is 10.7 Å². The number of carboxylic acid groups (broad SMARTS) is 1. The molecule has 3 aromatic rings. The van der Waals surface area contributed by atoms with Crippen LogP contribution >= 0.6 is 0 Å². The number of hydrogen-bond donors (Lipinski definition) is 4. The highest BCUT2D eigenvalue weighted by molar-refractivity contribution is 6.02. The fourth-order valence-corrected chi connectivity index (χ4v) is 5.12. The molecule has 1 aliphatic carbocycles. The number of aromatic hydroxyl groups is 1. The lowest BCUT2D eigenvalue weighted by Crippen LogP contribution is -2.44. The average Bonchev–Trinajstić information content (AvgIpc) is 3.25. The van der Waals surface area contributed by atoms with Crippen LogP contribution < -0.4 is 19.9 Å². The molecule has 2 heterocycles. The van der Waals surface area contributed by atoms with Crippen LogP contribution in [0, 0.1) is 17.0 Å². The van der Waals surface area contributed by atoms with Gasteiger partial charge in [0.1, 0.15) is 23.2 Å². The molecule has 2 aromatic carbocycles. The van der Waals surface area contributed by atoms with E-state index in [9.17, 15) is 19.4 Å². The molecule has 43 heavy (non-hydrogen) atoms. The predicted molar refractivity (Wildman–Crippen MR) is 153 cm³/mol. The van der Waals surface area contributed by atoms with Crippen molar-refractivity contribution < 1.29 is 38.0 Å². The molecule has 1 aromatic heterocycles. The van der Waals surface area contributed by atoms with Gasteiger partial charge >= 0.3 is 5.97 Å². The van der Waals surface area contributed by atoms with E-state index < -0.39 is 34.8 Å². The average molecular weight is 596 g/mol. The SMILES string of the molecule is CN1CCN=C1c1cc(OC2(C(=O)O)CCCCCC2)ccc1Oc1c(F)cnc(Oc2cc(C(=N)N)ccc2O)c1F. The molecular formula is C30H31F2N5O6. The van der Waals surface area contributed by atoms with Crippen molar-refractivity contribution in [2.75, 3.05) is 20.1 Å². The van der Waals surface area contributed by atoms with E-state index in [-0.39, 0.29) is 34.4 Å². The standard InChI is InChI=1S/C30H31F2N5O6/c1-37-13-12-35-27(37)19-15-18(43-30(29(39)40)10-4-2-3-5-11-30)7-9-22(19)41-25-20(31)16-36-28(24(25)32)42-23-14-17(26(33)34)6-8-21(23)38/h6-9,14-16,38H,2-5,10-13H2,1H3,(H3,33,34)(H,39,40). The lowest BCUT2D eigenvalue weighted by molar-refractivity contribution is -0.156. The van der Waals surface area contributed by atoms with Gasteiger partial charge in [0.15, 0.2) is 17.3 Å². The fourth-order valence-electron chi connectivity index (χ4n) is 5.12. The number of amidine groups is 2. The van der Waals surface area contributed by atoms with Gasteiger partial charge in [-0.3, -0.25) is 10.4 Å². The Kier molecular flexibility index (Phi) is 8.33. The minimum atomic E-state index is -1.39. The summed E-state index contributed by atoms with van der Waals surface area (Å²) in [7, 11) is 1.80. The number of pyridine rings is 1. The number of aliphatic carboxylic acids is 1. The third-order valence-electron chi connectivity index (χ3n) is 7.45. The van der Waals surface area contributed by atoms with Crippen molar-refractivity contribution >= 4 is 17.6 Å². The molecule has 0 radical (unpaired) electrons. The summed E-state index contributed by atoms with van der Waals surface area (Å²) >= 11 is 0. The zero-order valence-electron chi connectivity index (χ0n) is 23.4. The Morgan fingerprint density at radius 1 is 1.07 bits per heavy atom. The first-order chi connectivity index (χ1) is 20.6. The number of hydrogen-bond acceptors (Lipinski definition) is 9. The zero-order chi connectivity index (χ0) is 30.7. The lowest BCUT2D eigenvalue weighted by atomic mass is 9.94. The summed E-state index contributed by atoms with van der Waals surface area (Å²) in [6.07, 6.45) is 4.72. The van der Waals surface area contributed by atoms with Crippen LogP contribution in [0.5, 0.6) is 34.6 Å². The van der Waals surface area contributed by atoms with Gasteiger partial charge in [-0.1, -0.05) is 12.8 Å². The molecule has 0 unspecified atom stereocenters. The van der Waals surface area contributed by atoms with E-state index in [1.54, 1.807) is 13.1 Å². The van der Waals surface area contributed by atoms with Crippen LogP contribution in [0.15, 0.2) is 47.6 Å². The predicted octanol–water partition coefficient (Wildman–Crippen LogP) is 5.18. The summed E-state index contributed by atoms with van der Waals surface area (Å²) in [5, 5.41) is 27.8. The van der Waals surface area contributed by atoms with Crippen LogP contribution in [0.3, 0.4) is 0 Å². The Morgan fingerprint density at radius 3 is 2.47 bits per heavy atom. The van der Waals surface area contributed by atoms with Crippen LogP contribution in [0.1, 0.15) is 49.7 Å². The molecule has 0 amide bonds. The van der Waals surface area contributed by atoms with E-state index in [2.05, 4.69) is 9.98 Å². The molecule has 0 saturated heterocycles. The summed E-state index contributed by atoms with van der Waals surface area (Å²) in [6.45, 7) is 1.08. The van der Waals surface area contributed by atoms with Crippen molar-refractivity contribution in [3.8, 4) is 34.6 Å². The fraction of sp³-hybridized carbons (Fsp3) is 0.333. The Labute approximate surface area is 246 Å². The molecule has 11 nitrogen and oxygen atoms in total. The second kappa shape index (κ2) is 12.1. The Hall–Kier alpha value is -4.94. The summed E-state index contributed by atoms with van der Waals surface area (Å²) in [5.74, 6) is -5.16. The molecule has 0 bridgehead atoms. The first-order valence-electron chi connectivity index (χ1n) is 13.8. The van der Waals surface area contributed by atoms with Crippen LogP contribution in [-0.4, -0.2) is 63.5 Å². The molecule has 1 aliphatic heterocycles. The maximum absolute atomic E-state index is 15.6. The van der Waals surface area contributed by atoms with Gasteiger partial charge in [-0.2, -0.15) is 4.39 Å². The van der Waals surface area contributed by atoms with E-state index >= 15 is 4.39 Å². The van der Waals surface area contributed by atoms with Crippen molar-refractivity contribution in [1.82, 2.24) is 9.88 Å². The molecule has 0 spiro atoms. The number of nitrogen functional groups attached to an aromatic ring is 1. The molecule has 5 N–H and O–H groups in total. The highest BCUT2D eigenvalue weighted by Gasteiger charge is 2.41. The van der Waals surface area contributed by atoms with Crippen LogP contribution in [-0.2, 0) is 4.79 Å². The van der Waals surface area contributed by atoms with Gasteiger partial charge in [0.2, 0.25) is 17.2 Å². The quantitative estimate of drug-likeness (QED) is 0.148. The van der Waals surface area contributed by atoms with Crippen molar-refractivity contribution in [3.63, 3.8) is 0 Å². The molecule has 2 aliphatic rings. The largest absolute Gasteiger partial charge is 0.504 e. The van der Waals surface area contributed by atoms with Gasteiger partial charge < -0.3 is 35.1 Å². The number of ether oxygens (including phenoxy) is 3. The maximum atomic E-state index is 15.6. The number of nitrogens with two attached hydrogens (primary N) is 1. The van der Waals surface area contributed by atoms with Crippen molar-refractivity contribution in [2.45, 2.75) is 44.1 Å². The molecule has 5 rings (SSSR count). The number of benzene rings is 2. The highest BCUT2D eigenvalue weighted by Crippen LogP contribution is 2.40. The molecule has 1 saturated carbocycles. The number of nitrogens with zero attached hydrogens (tertiary/aromatic N) is 3. The van der Waals surface area contributed by atoms with Crippen LogP contribution in [0.25, 0.3) is 0 Å². The Bertz CT molecular complexity index is 1590. The highest BCUT2D eigenvalue weighted by atomic mass is 19.1. The molecular weight excluding hydrogens is 564 g/mol. The van der Waals surface area contributed by atoms with Crippen molar-refractivity contribution in [1.29, 1.82) is 5.41 Å². The summed E-state index contributed by atoms with van der Waals surface area (Å²) in [6, 6.07) is 8.29. The zero-order valence-corrected chi connectivity index (χ0v) is 23.4. The number of carboxylic acids is 1. The molecule has 1 fully saturated rings. The van der Waals surface area contributed by atoms with Crippen LogP contribution in [0.4, 0.5) is 8.78 Å². The number of likely N-dealkylation sites (N-methyl/N-ethyl adjacent to an activating group) is 1. The normalized spacial score (nSPS) is 16.3. The summed E-state index contributed by atoms with van der Waals surface area (Å²) in [4.78, 5) is 22.3. The van der Waals surface area contributed by atoms with E-state index in [1.807, 2.05) is 4.90 Å². The monoisotopic (exact) mass is 595 g/mol. The van der Waals surface area contributed by atoms with E-state index in [0.29, 0.717) is 43.5 Å². The summed E-state index contributed by atoms with van der Waals surface area (Å²) in [5.41, 5.74) is 4.65. The second-order valence-corrected chi connectivity index (χ2v) is 10.5. The lowest BCUT2D eigenvalue weighted by Gasteiger charge is -2.29. The van der Waals surface area contributed by atoms with Crippen molar-refractivity contribution in [3.05, 3.63) is 65.4 Å². The van der Waals surface area contributed by atoms with E-state index in [0.717, 1.165) is 25.7 Å². The number of phenolic OH excluding ortho intramolecular Hbond substituents is 1. The van der Waals surface area contributed by atoms with Gasteiger partial charge in [-0.25, -0.2) is 14.2 Å². The van der Waals surface area contributed by atoms with Crippen LogP contribution in [0.2, 0.25) is 0 Å². The smallest absolute Gasteiger partial charge is 0.348 e. The summed E-state index contributed by atoms with van der Waals surface area (Å²) < 4.78 is 47.9.